The van der Waals surface area contributed by atoms with Gasteiger partial charge in [-0.1, -0.05) is 18.2 Å². The van der Waals surface area contributed by atoms with E-state index in [1.54, 1.807) is 14.2 Å². The zero-order chi connectivity index (χ0) is 19.5. The third kappa shape index (κ3) is 3.36. The number of nitrogens with one attached hydrogen (secondary N) is 2. The number of aromatic nitrogens is 1. The first-order valence-electron chi connectivity index (χ1n) is 9.06. The molecule has 0 bridgehead atoms. The number of para-hydroxylation sites is 1. The van der Waals surface area contributed by atoms with E-state index in [0.29, 0.717) is 24.2 Å². The Morgan fingerprint density at radius 1 is 1.04 bits per heavy atom. The Bertz CT molecular complexity index is 1030. The second-order valence-corrected chi connectivity index (χ2v) is 6.44. The van der Waals surface area contributed by atoms with Crippen LogP contribution in [0.1, 0.15) is 16.1 Å². The topological polar surface area (TPSA) is 72.5 Å². The van der Waals surface area contributed by atoms with Gasteiger partial charge in [-0.25, -0.2) is 0 Å². The Balaban J connectivity index is 1.84. The number of anilines is 2. The van der Waals surface area contributed by atoms with Crippen molar-refractivity contribution in [3.8, 4) is 22.8 Å². The molecule has 0 atom stereocenters. The average Bonchev–Trinajstić information content (AvgIpc) is 2.73. The summed E-state index contributed by atoms with van der Waals surface area (Å²) in [6.45, 7) is 0.576. The third-order valence-corrected chi connectivity index (χ3v) is 4.70. The second kappa shape index (κ2) is 7.60. The van der Waals surface area contributed by atoms with Gasteiger partial charge in [-0.3, -0.25) is 9.78 Å². The molecule has 2 heterocycles. The van der Waals surface area contributed by atoms with Gasteiger partial charge < -0.3 is 20.1 Å². The molecule has 0 fully saturated rings. The molecule has 1 amide bonds. The maximum atomic E-state index is 12.6. The van der Waals surface area contributed by atoms with Crippen LogP contribution >= 0.6 is 0 Å². The standard InChI is InChI=1S/C22H21N3O3/c1-27-15-7-5-6-14(12-15)24-19-13-18(16-8-3-4-9-20(16)28-2)25-17-10-11-23-22(26)21(17)19/h3-9,12-13H,10-11H2,1-2H3,(H,23,26)(H,24,25). The Labute approximate surface area is 163 Å². The second-order valence-electron chi connectivity index (χ2n) is 6.44. The van der Waals surface area contributed by atoms with Crippen LogP contribution in [0, 0.1) is 0 Å². The van der Waals surface area contributed by atoms with Crippen molar-refractivity contribution in [1.82, 2.24) is 10.3 Å². The van der Waals surface area contributed by atoms with Crippen molar-refractivity contribution in [3.05, 3.63) is 65.9 Å². The van der Waals surface area contributed by atoms with Gasteiger partial charge >= 0.3 is 0 Å². The van der Waals surface area contributed by atoms with E-state index in [-0.39, 0.29) is 5.91 Å². The lowest BCUT2D eigenvalue weighted by molar-refractivity contribution is 0.0946. The van der Waals surface area contributed by atoms with Crippen LogP contribution < -0.4 is 20.1 Å². The first-order chi connectivity index (χ1) is 13.7. The first kappa shape index (κ1) is 17.9. The quantitative estimate of drug-likeness (QED) is 0.710. The number of benzene rings is 2. The summed E-state index contributed by atoms with van der Waals surface area (Å²) in [5, 5.41) is 6.26. The van der Waals surface area contributed by atoms with Gasteiger partial charge in [-0.05, 0) is 30.3 Å². The number of carbonyl (C=O) groups excluding carboxylic acids is 1. The molecule has 3 aromatic rings. The van der Waals surface area contributed by atoms with Gasteiger partial charge in [0.2, 0.25) is 0 Å². The highest BCUT2D eigenvalue weighted by Gasteiger charge is 2.24. The molecule has 1 aliphatic heterocycles. The van der Waals surface area contributed by atoms with Gasteiger partial charge in [0.1, 0.15) is 11.5 Å². The molecule has 142 valence electrons. The van der Waals surface area contributed by atoms with E-state index < -0.39 is 0 Å². The van der Waals surface area contributed by atoms with Crippen LogP contribution in [-0.2, 0) is 6.42 Å². The molecule has 2 aromatic carbocycles. The fourth-order valence-electron chi connectivity index (χ4n) is 3.36. The Kier molecular flexibility index (Phi) is 4.85. The molecule has 1 aliphatic rings. The van der Waals surface area contributed by atoms with Crippen molar-refractivity contribution in [2.75, 3.05) is 26.1 Å². The molecule has 4 rings (SSSR count). The monoisotopic (exact) mass is 375 g/mol. The Morgan fingerprint density at radius 3 is 2.71 bits per heavy atom. The van der Waals surface area contributed by atoms with Crippen molar-refractivity contribution in [3.63, 3.8) is 0 Å². The molecule has 2 N–H and O–H groups in total. The van der Waals surface area contributed by atoms with Crippen molar-refractivity contribution < 1.29 is 14.3 Å². The van der Waals surface area contributed by atoms with Crippen molar-refractivity contribution >= 4 is 17.3 Å². The van der Waals surface area contributed by atoms with Crippen molar-refractivity contribution in [2.45, 2.75) is 6.42 Å². The normalized spacial score (nSPS) is 12.7. The molecular formula is C22H21N3O3. The number of carbonyl (C=O) groups is 1. The minimum Gasteiger partial charge on any atom is -0.497 e. The summed E-state index contributed by atoms with van der Waals surface area (Å²) >= 11 is 0. The number of nitrogens with zero attached hydrogens (tertiary/aromatic N) is 1. The predicted molar refractivity (Wildman–Crippen MR) is 109 cm³/mol. The number of pyridine rings is 1. The molecule has 0 radical (unpaired) electrons. The van der Waals surface area contributed by atoms with Crippen LogP contribution in [0.4, 0.5) is 11.4 Å². The highest BCUT2D eigenvalue weighted by atomic mass is 16.5. The van der Waals surface area contributed by atoms with Crippen LogP contribution in [0.3, 0.4) is 0 Å². The molecule has 6 nitrogen and oxygen atoms in total. The predicted octanol–water partition coefficient (Wildman–Crippen LogP) is 3.80. The van der Waals surface area contributed by atoms with Crippen LogP contribution in [0.5, 0.6) is 11.5 Å². The fraction of sp³-hybridized carbons (Fsp3) is 0.182. The lowest BCUT2D eigenvalue weighted by atomic mass is 10.0. The summed E-state index contributed by atoms with van der Waals surface area (Å²) in [4.78, 5) is 17.3. The van der Waals surface area contributed by atoms with E-state index in [2.05, 4.69) is 10.6 Å². The summed E-state index contributed by atoms with van der Waals surface area (Å²) in [5.41, 5.74) is 4.53. The number of amides is 1. The van der Waals surface area contributed by atoms with Gasteiger partial charge in [0.25, 0.3) is 5.91 Å². The molecule has 28 heavy (non-hydrogen) atoms. The lowest BCUT2D eigenvalue weighted by Gasteiger charge is -2.21. The summed E-state index contributed by atoms with van der Waals surface area (Å²) in [7, 11) is 3.26. The molecule has 1 aromatic heterocycles. The maximum Gasteiger partial charge on any atom is 0.255 e. The average molecular weight is 375 g/mol. The summed E-state index contributed by atoms with van der Waals surface area (Å²) < 4.78 is 10.8. The molecular weight excluding hydrogens is 354 g/mol. The van der Waals surface area contributed by atoms with E-state index in [1.807, 2.05) is 54.6 Å². The van der Waals surface area contributed by atoms with E-state index in [4.69, 9.17) is 14.5 Å². The number of methoxy groups -OCH3 is 2. The van der Waals surface area contributed by atoms with E-state index >= 15 is 0 Å². The Hall–Kier alpha value is -3.54. The largest absolute Gasteiger partial charge is 0.497 e. The molecule has 0 unspecified atom stereocenters. The minimum atomic E-state index is -0.120. The zero-order valence-electron chi connectivity index (χ0n) is 15.8. The van der Waals surface area contributed by atoms with Crippen LogP contribution in [0.15, 0.2) is 54.6 Å². The van der Waals surface area contributed by atoms with Gasteiger partial charge in [-0.15, -0.1) is 0 Å². The van der Waals surface area contributed by atoms with Crippen LogP contribution in [0.25, 0.3) is 11.3 Å². The van der Waals surface area contributed by atoms with Crippen molar-refractivity contribution in [1.29, 1.82) is 0 Å². The summed E-state index contributed by atoms with van der Waals surface area (Å²) in [5.74, 6) is 1.36. The highest BCUT2D eigenvalue weighted by Crippen LogP contribution is 2.34. The molecule has 0 aliphatic carbocycles. The zero-order valence-corrected chi connectivity index (χ0v) is 15.8. The van der Waals surface area contributed by atoms with Gasteiger partial charge in [0.15, 0.2) is 0 Å². The number of ether oxygens (including phenoxy) is 2. The SMILES string of the molecule is COc1cccc(Nc2cc(-c3ccccc3OC)nc3c2C(=O)NCC3)c1. The van der Waals surface area contributed by atoms with Crippen molar-refractivity contribution in [2.24, 2.45) is 0 Å². The first-order valence-corrected chi connectivity index (χ1v) is 9.06. The van der Waals surface area contributed by atoms with Gasteiger partial charge in [-0.2, -0.15) is 0 Å². The molecule has 0 saturated heterocycles. The number of fused-ring (bicyclic) bond motifs is 1. The van der Waals surface area contributed by atoms with Gasteiger partial charge in [0.05, 0.1) is 36.9 Å². The number of hydrogen-bond acceptors (Lipinski definition) is 5. The minimum absolute atomic E-state index is 0.120. The Morgan fingerprint density at radius 2 is 1.89 bits per heavy atom. The summed E-state index contributed by atoms with van der Waals surface area (Å²) in [6, 6.07) is 17.2. The third-order valence-electron chi connectivity index (χ3n) is 4.70. The van der Waals surface area contributed by atoms with E-state index in [9.17, 15) is 4.79 Å². The fourth-order valence-corrected chi connectivity index (χ4v) is 3.36. The maximum absolute atomic E-state index is 12.6. The highest BCUT2D eigenvalue weighted by molar-refractivity contribution is 6.03. The lowest BCUT2D eigenvalue weighted by Crippen LogP contribution is -2.33. The number of rotatable bonds is 5. The van der Waals surface area contributed by atoms with Crippen LogP contribution in [0.2, 0.25) is 0 Å². The van der Waals surface area contributed by atoms with Gasteiger partial charge in [0, 0.05) is 30.3 Å². The number of hydrogen-bond donors (Lipinski definition) is 2. The smallest absolute Gasteiger partial charge is 0.255 e. The molecule has 0 saturated carbocycles. The van der Waals surface area contributed by atoms with E-state index in [1.165, 1.54) is 0 Å². The summed E-state index contributed by atoms with van der Waals surface area (Å²) in [6.07, 6.45) is 0.677. The van der Waals surface area contributed by atoms with E-state index in [0.717, 1.165) is 34.1 Å². The molecule has 6 heteroatoms. The van der Waals surface area contributed by atoms with Crippen LogP contribution in [-0.4, -0.2) is 31.7 Å². The molecule has 0 spiro atoms.